The number of aromatic nitrogens is 6. The second kappa shape index (κ2) is 13.9. The second-order valence-electron chi connectivity index (χ2n) is 12.1. The number of pyridine rings is 2. The highest BCUT2D eigenvalue weighted by atomic mass is 35.5. The molecule has 1 aliphatic carbocycles. The quantitative estimate of drug-likeness (QED) is 0.226. The van der Waals surface area contributed by atoms with Gasteiger partial charge in [-0.2, -0.15) is 10.5 Å². The van der Waals surface area contributed by atoms with Crippen molar-refractivity contribution in [2.75, 3.05) is 37.0 Å². The van der Waals surface area contributed by atoms with E-state index >= 15 is 0 Å². The van der Waals surface area contributed by atoms with Gasteiger partial charge in [-0.15, -0.1) is 10.2 Å². The van der Waals surface area contributed by atoms with Gasteiger partial charge >= 0.3 is 0 Å². The first-order chi connectivity index (χ1) is 20.7. The van der Waals surface area contributed by atoms with Crippen molar-refractivity contribution in [1.82, 2.24) is 35.9 Å². The Kier molecular flexibility index (Phi) is 10.1. The zero-order chi connectivity index (χ0) is 30.3. The average molecular weight is 609 g/mol. The fourth-order valence-corrected chi connectivity index (χ4v) is 5.83. The molecule has 0 bridgehead atoms. The maximum Gasteiger partial charge on any atom is 0.205 e. The molecular formula is C30H41ClN10O2. The summed E-state index contributed by atoms with van der Waals surface area (Å²) in [7, 11) is 0. The lowest BCUT2D eigenvalue weighted by Crippen LogP contribution is -2.44. The smallest absolute Gasteiger partial charge is 0.205 e. The van der Waals surface area contributed by atoms with Crippen molar-refractivity contribution < 1.29 is 9.47 Å². The van der Waals surface area contributed by atoms with Crippen LogP contribution in [0.15, 0.2) is 30.5 Å². The number of tetrazole rings is 1. The van der Waals surface area contributed by atoms with Crippen LogP contribution in [-0.2, 0) is 15.1 Å². The number of halogens is 1. The van der Waals surface area contributed by atoms with Crippen molar-refractivity contribution in [2.24, 2.45) is 5.41 Å². The van der Waals surface area contributed by atoms with Gasteiger partial charge in [-0.05, 0) is 77.5 Å². The van der Waals surface area contributed by atoms with Crippen molar-refractivity contribution in [3.63, 3.8) is 0 Å². The Hall–Kier alpha value is -3.37. The molecule has 2 fully saturated rings. The molecule has 1 saturated carbocycles. The van der Waals surface area contributed by atoms with E-state index in [2.05, 4.69) is 54.6 Å². The van der Waals surface area contributed by atoms with Gasteiger partial charge in [0.2, 0.25) is 5.82 Å². The number of rotatable bonds is 12. The van der Waals surface area contributed by atoms with Crippen molar-refractivity contribution in [3.05, 3.63) is 41.3 Å². The van der Waals surface area contributed by atoms with Crippen LogP contribution in [0, 0.1) is 16.7 Å². The lowest BCUT2D eigenvalue weighted by Gasteiger charge is -2.32. The van der Waals surface area contributed by atoms with E-state index in [1.54, 1.807) is 6.20 Å². The predicted octanol–water partition coefficient (Wildman–Crippen LogP) is 4.70. The third-order valence-corrected chi connectivity index (χ3v) is 8.65. The molecule has 0 aromatic carbocycles. The van der Waals surface area contributed by atoms with E-state index in [4.69, 9.17) is 26.1 Å². The molecule has 4 N–H and O–H groups in total. The molecule has 13 heteroatoms. The van der Waals surface area contributed by atoms with Crippen LogP contribution >= 0.6 is 11.6 Å². The van der Waals surface area contributed by atoms with E-state index in [0.29, 0.717) is 68.0 Å². The van der Waals surface area contributed by atoms with Gasteiger partial charge in [0.1, 0.15) is 17.2 Å². The first-order valence-corrected chi connectivity index (χ1v) is 15.4. The van der Waals surface area contributed by atoms with Gasteiger partial charge in [0.05, 0.1) is 28.8 Å². The van der Waals surface area contributed by atoms with Crippen LogP contribution in [0.4, 0.5) is 11.6 Å². The predicted molar refractivity (Wildman–Crippen MR) is 164 cm³/mol. The molecule has 0 radical (unpaired) electrons. The number of aromatic amines is 1. The van der Waals surface area contributed by atoms with Crippen molar-refractivity contribution in [1.29, 1.82) is 5.26 Å². The molecule has 230 valence electrons. The molecule has 2 aliphatic rings. The summed E-state index contributed by atoms with van der Waals surface area (Å²) in [4.78, 5) is 9.35. The average Bonchev–Trinajstić information content (AvgIpc) is 3.58. The first kappa shape index (κ1) is 31.1. The molecule has 12 nitrogen and oxygen atoms in total. The van der Waals surface area contributed by atoms with Crippen LogP contribution < -0.4 is 16.0 Å². The molecular weight excluding hydrogens is 568 g/mol. The van der Waals surface area contributed by atoms with Crippen LogP contribution in [0.25, 0.3) is 11.3 Å². The molecule has 1 atom stereocenters. The third kappa shape index (κ3) is 8.17. The topological polar surface area (TPSA) is 159 Å². The number of H-pyrrole nitrogens is 1. The summed E-state index contributed by atoms with van der Waals surface area (Å²) in [6.07, 6.45) is 7.29. The monoisotopic (exact) mass is 608 g/mol. The largest absolute Gasteiger partial charge is 0.381 e. The Labute approximate surface area is 257 Å². The van der Waals surface area contributed by atoms with Crippen LogP contribution in [0.2, 0.25) is 5.02 Å². The van der Waals surface area contributed by atoms with Crippen LogP contribution in [0.3, 0.4) is 0 Å². The number of nitrogens with zero attached hydrogens (tertiary/aromatic N) is 6. The maximum absolute atomic E-state index is 9.77. The molecule has 5 rings (SSSR count). The standard InChI is InChI=1S/C30H41ClN10O2/c1-20(17-43-29(2,3)28-38-40-41-39-28)35-21-7-9-22(10-8-21)36-27-15-23(24(31)16-33-27)25-5-4-6-26(37-25)34-19-30(18-32)11-13-42-14-12-30/h4-6,15-16,20-22,35H,7-14,17,19H2,1-3H3,(H,33,36)(H,34,37)(H,38,39,40,41)/t20-,21?,22?/m1/s1. The van der Waals surface area contributed by atoms with Gasteiger partial charge in [0.25, 0.3) is 0 Å². The van der Waals surface area contributed by atoms with E-state index in [-0.39, 0.29) is 6.04 Å². The Morgan fingerprint density at radius 2 is 1.95 bits per heavy atom. The number of nitrogens with one attached hydrogen (secondary N) is 4. The van der Waals surface area contributed by atoms with Crippen LogP contribution in [0.1, 0.15) is 65.1 Å². The Bertz CT molecular complexity index is 1370. The molecule has 4 heterocycles. The molecule has 0 spiro atoms. The van der Waals surface area contributed by atoms with Gasteiger partial charge in [-0.1, -0.05) is 22.9 Å². The fraction of sp³-hybridized carbons (Fsp3) is 0.600. The van der Waals surface area contributed by atoms with E-state index in [0.717, 1.165) is 42.8 Å². The minimum absolute atomic E-state index is 0.195. The molecule has 0 amide bonds. The number of ether oxygens (including phenoxy) is 2. The number of nitriles is 1. The lowest BCUT2D eigenvalue weighted by molar-refractivity contribution is -0.0379. The second-order valence-corrected chi connectivity index (χ2v) is 12.5. The summed E-state index contributed by atoms with van der Waals surface area (Å²) >= 11 is 6.58. The lowest BCUT2D eigenvalue weighted by atomic mass is 9.82. The molecule has 1 aliphatic heterocycles. The molecule has 3 aromatic heterocycles. The van der Waals surface area contributed by atoms with Gasteiger partial charge in [-0.3, -0.25) is 0 Å². The van der Waals surface area contributed by atoms with E-state index in [1.165, 1.54) is 0 Å². The van der Waals surface area contributed by atoms with Crippen molar-refractivity contribution >= 4 is 23.2 Å². The first-order valence-electron chi connectivity index (χ1n) is 15.0. The van der Waals surface area contributed by atoms with Gasteiger partial charge in [0.15, 0.2) is 0 Å². The zero-order valence-corrected chi connectivity index (χ0v) is 25.8. The number of hydrogen-bond acceptors (Lipinski definition) is 11. The fourth-order valence-electron chi connectivity index (χ4n) is 5.63. The summed E-state index contributed by atoms with van der Waals surface area (Å²) in [5.41, 5.74) is 0.531. The minimum atomic E-state index is -0.604. The highest BCUT2D eigenvalue weighted by molar-refractivity contribution is 6.33. The molecule has 3 aromatic rings. The normalized spacial score (nSPS) is 21.1. The summed E-state index contributed by atoms with van der Waals surface area (Å²) in [6.45, 7) is 8.33. The minimum Gasteiger partial charge on any atom is -0.381 e. The Morgan fingerprint density at radius 3 is 2.67 bits per heavy atom. The molecule has 0 unspecified atom stereocenters. The zero-order valence-electron chi connectivity index (χ0n) is 25.1. The van der Waals surface area contributed by atoms with E-state index in [1.807, 2.05) is 38.1 Å². The summed E-state index contributed by atoms with van der Waals surface area (Å²) < 4.78 is 11.5. The SMILES string of the molecule is C[C@H](COC(C)(C)c1nn[nH]n1)NC1CCC(Nc2cc(-c3cccc(NCC4(C#N)CCOCC4)n3)c(Cl)cn2)CC1. The number of anilines is 2. The maximum atomic E-state index is 9.77. The molecule has 1 saturated heterocycles. The molecule has 43 heavy (non-hydrogen) atoms. The van der Waals surface area contributed by atoms with Gasteiger partial charge in [0, 0.05) is 49.6 Å². The summed E-state index contributed by atoms with van der Waals surface area (Å²) in [5, 5.41) is 35.2. The summed E-state index contributed by atoms with van der Waals surface area (Å²) in [5.74, 6) is 2.04. The summed E-state index contributed by atoms with van der Waals surface area (Å²) in [6, 6.07) is 11.2. The van der Waals surface area contributed by atoms with E-state index in [9.17, 15) is 5.26 Å². The third-order valence-electron chi connectivity index (χ3n) is 8.35. The Balaban J connectivity index is 1.12. The Morgan fingerprint density at radius 1 is 1.19 bits per heavy atom. The van der Waals surface area contributed by atoms with Crippen LogP contribution in [0.5, 0.6) is 0 Å². The highest BCUT2D eigenvalue weighted by Crippen LogP contribution is 2.32. The van der Waals surface area contributed by atoms with Gasteiger partial charge < -0.3 is 25.4 Å². The van der Waals surface area contributed by atoms with Crippen molar-refractivity contribution in [3.8, 4) is 17.3 Å². The van der Waals surface area contributed by atoms with Crippen LogP contribution in [-0.4, -0.2) is 75.1 Å². The van der Waals surface area contributed by atoms with Crippen molar-refractivity contribution in [2.45, 2.75) is 83.0 Å². The van der Waals surface area contributed by atoms with Gasteiger partial charge in [-0.25, -0.2) is 9.97 Å². The number of hydrogen-bond donors (Lipinski definition) is 4. The van der Waals surface area contributed by atoms with E-state index < -0.39 is 11.0 Å². The highest BCUT2D eigenvalue weighted by Gasteiger charge is 2.33.